The van der Waals surface area contributed by atoms with Gasteiger partial charge in [-0.3, -0.25) is 14.4 Å². The largest absolute Gasteiger partial charge is 0.469 e. The van der Waals surface area contributed by atoms with Gasteiger partial charge in [0.05, 0.1) is 18.9 Å². The molecule has 0 bridgehead atoms. The van der Waals surface area contributed by atoms with Crippen molar-refractivity contribution in [2.75, 3.05) is 30.5 Å². The molecular formula is C28H41FN2O11Si. The summed E-state index contributed by atoms with van der Waals surface area (Å²) in [6.45, 7) is 4.80. The van der Waals surface area contributed by atoms with Crippen LogP contribution in [-0.4, -0.2) is 109 Å². The quantitative estimate of drug-likeness (QED) is 0.0901. The number of halogens is 1. The molecule has 2 saturated heterocycles. The number of ether oxygens (including phenoxy) is 3. The molecule has 0 radical (unpaired) electrons. The molecule has 4 rings (SSSR count). The van der Waals surface area contributed by atoms with E-state index < -0.39 is 74.1 Å². The van der Waals surface area contributed by atoms with E-state index in [0.29, 0.717) is 24.1 Å². The molecule has 0 aromatic heterocycles. The molecule has 43 heavy (non-hydrogen) atoms. The number of anilines is 2. The lowest BCUT2D eigenvalue weighted by molar-refractivity contribution is -0.274. The fourth-order valence-electron chi connectivity index (χ4n) is 6.68. The molecule has 0 saturated carbocycles. The number of hydrogen-bond acceptors (Lipinski definition) is 11. The van der Waals surface area contributed by atoms with Crippen LogP contribution in [0.2, 0.25) is 18.6 Å². The van der Waals surface area contributed by atoms with Gasteiger partial charge in [-0.1, -0.05) is 6.92 Å². The number of hydrogen-bond donors (Lipinski definition) is 6. The van der Waals surface area contributed by atoms with Gasteiger partial charge < -0.3 is 54.1 Å². The number of rotatable bonds is 10. The summed E-state index contributed by atoms with van der Waals surface area (Å²) in [5.41, 5.74) is -1.20. The maximum Gasteiger partial charge on any atom is 0.305 e. The normalized spacial score (nSPS) is 34.0. The molecule has 0 aliphatic carbocycles. The highest BCUT2D eigenvalue weighted by Crippen LogP contribution is 2.60. The Bertz CT molecular complexity index is 1220. The average molecular weight is 629 g/mol. The van der Waals surface area contributed by atoms with Gasteiger partial charge in [0.2, 0.25) is 8.41 Å². The molecule has 2 amide bonds. The molecule has 240 valence electrons. The van der Waals surface area contributed by atoms with Crippen molar-refractivity contribution in [3.05, 3.63) is 23.8 Å². The highest BCUT2D eigenvalue weighted by Gasteiger charge is 2.66. The molecule has 1 aromatic rings. The fraction of sp³-hybridized carbons (Fsp3) is 0.679. The summed E-state index contributed by atoms with van der Waals surface area (Å²) in [5, 5.41) is 52.1. The van der Waals surface area contributed by atoms with Crippen LogP contribution in [0, 0.1) is 5.92 Å². The van der Waals surface area contributed by atoms with Crippen LogP contribution in [0.25, 0.3) is 0 Å². The molecule has 13 nitrogen and oxygen atoms in total. The van der Waals surface area contributed by atoms with Crippen molar-refractivity contribution < 1.29 is 58.2 Å². The van der Waals surface area contributed by atoms with E-state index in [0.717, 1.165) is 0 Å². The van der Waals surface area contributed by atoms with Gasteiger partial charge in [0.25, 0.3) is 11.8 Å². The lowest BCUT2D eigenvalue weighted by Crippen LogP contribution is -2.60. The minimum atomic E-state index is -3.43. The number of amides is 2. The summed E-state index contributed by atoms with van der Waals surface area (Å²) in [4.78, 5) is 40.4. The third-order valence-corrected chi connectivity index (χ3v) is 11.2. The molecule has 2 fully saturated rings. The monoisotopic (exact) mass is 628 g/mol. The van der Waals surface area contributed by atoms with Crippen LogP contribution < -0.4 is 10.2 Å². The number of unbranched alkanes of at least 4 members (excludes halogenated alkanes) is 1. The first-order valence-electron chi connectivity index (χ1n) is 14.4. The molecule has 1 aromatic carbocycles. The van der Waals surface area contributed by atoms with E-state index >= 15 is 4.11 Å². The van der Waals surface area contributed by atoms with Crippen molar-refractivity contribution in [2.24, 2.45) is 5.92 Å². The Labute approximate surface area is 249 Å². The van der Waals surface area contributed by atoms with Crippen molar-refractivity contribution in [2.45, 2.75) is 93.7 Å². The summed E-state index contributed by atoms with van der Waals surface area (Å²) in [6.07, 6.45) is -8.64. The number of esters is 1. The lowest BCUT2D eigenvalue weighted by atomic mass is 9.82. The number of methoxy groups -OCH3 is 1. The second kappa shape index (κ2) is 12.8. The van der Waals surface area contributed by atoms with Crippen molar-refractivity contribution in [1.29, 1.82) is 0 Å². The molecule has 3 aliphatic rings. The van der Waals surface area contributed by atoms with E-state index in [1.54, 1.807) is 13.0 Å². The fourth-order valence-corrected chi connectivity index (χ4v) is 9.22. The topological polar surface area (TPSA) is 195 Å². The predicted molar refractivity (Wildman–Crippen MR) is 152 cm³/mol. The number of carbonyl (C=O) groups excluding carboxylic acids is 3. The van der Waals surface area contributed by atoms with Crippen molar-refractivity contribution in [3.63, 3.8) is 0 Å². The predicted octanol–water partition coefficient (Wildman–Crippen LogP) is 0.272. The Morgan fingerprint density at radius 2 is 1.84 bits per heavy atom. The van der Waals surface area contributed by atoms with Crippen molar-refractivity contribution >= 4 is 37.6 Å². The number of benzene rings is 1. The summed E-state index contributed by atoms with van der Waals surface area (Å²) < 4.78 is 31.9. The Hall–Kier alpha value is -2.50. The van der Waals surface area contributed by atoms with Gasteiger partial charge in [-0.15, -0.1) is 0 Å². The summed E-state index contributed by atoms with van der Waals surface area (Å²) in [7, 11) is -2.13. The standard InChI is InChI=1S/C28H41FN2O11Si/c1-14-24(43(3,4)29)18(10-12-32)42-28(14)16-13-15(30-25(37)23-21(35)20(34)22(36)26(38)41-23)8-9-17(16)31(27(28)39)11-6-5-7-19(33)40-2/h8-9,13-14,18,20-24,26,32,34-36,38H,5-7,10-12H2,1-4H3,(H,30,37)/t14-,18+,20+,21+,22-,23+,24-,26-,28+/m1/s1. The van der Waals surface area contributed by atoms with Crippen LogP contribution in [0.3, 0.4) is 0 Å². The summed E-state index contributed by atoms with van der Waals surface area (Å²) >= 11 is 0. The van der Waals surface area contributed by atoms with Gasteiger partial charge in [0.15, 0.2) is 18.0 Å². The zero-order valence-corrected chi connectivity index (χ0v) is 25.6. The van der Waals surface area contributed by atoms with Gasteiger partial charge in [-0.05, 0) is 50.6 Å². The maximum atomic E-state index is 15.8. The van der Waals surface area contributed by atoms with E-state index in [2.05, 4.69) is 10.1 Å². The van der Waals surface area contributed by atoms with Crippen LogP contribution in [0.4, 0.5) is 15.5 Å². The maximum absolute atomic E-state index is 15.8. The van der Waals surface area contributed by atoms with E-state index in [1.807, 2.05) is 0 Å². The van der Waals surface area contributed by atoms with E-state index in [1.165, 1.54) is 37.2 Å². The van der Waals surface area contributed by atoms with Gasteiger partial charge in [-0.25, -0.2) is 0 Å². The van der Waals surface area contributed by atoms with Crippen LogP contribution >= 0.6 is 0 Å². The first-order valence-corrected chi connectivity index (χ1v) is 17.3. The zero-order chi connectivity index (χ0) is 31.9. The van der Waals surface area contributed by atoms with Gasteiger partial charge in [0, 0.05) is 42.3 Å². The molecule has 1 spiro atoms. The third-order valence-electron chi connectivity index (χ3n) is 8.73. The number of carbonyl (C=O) groups is 3. The third kappa shape index (κ3) is 6.09. The van der Waals surface area contributed by atoms with Crippen molar-refractivity contribution in [3.8, 4) is 0 Å². The number of fused-ring (bicyclic) bond motifs is 2. The molecule has 15 heteroatoms. The van der Waals surface area contributed by atoms with Gasteiger partial charge >= 0.3 is 5.97 Å². The molecule has 9 atom stereocenters. The highest BCUT2D eigenvalue weighted by molar-refractivity contribution is 6.72. The Morgan fingerprint density at radius 3 is 2.47 bits per heavy atom. The van der Waals surface area contributed by atoms with Crippen molar-refractivity contribution in [1.82, 2.24) is 0 Å². The average Bonchev–Trinajstić information content (AvgIpc) is 3.37. The Morgan fingerprint density at radius 1 is 1.14 bits per heavy atom. The summed E-state index contributed by atoms with van der Waals surface area (Å²) in [5.74, 6) is -2.34. The SMILES string of the molecule is COC(=O)CCCCN1C(=O)[C@@]2(O[C@@H](CCO)[C@H]([Si](C)(C)F)[C@H]2C)c2cc(NC(=O)[C@H]3O[C@@H](O)[C@H](O)[C@@H](O)[C@@H]3O)ccc21. The number of aliphatic hydroxyl groups excluding tert-OH is 5. The van der Waals surface area contributed by atoms with Crippen LogP contribution in [0.1, 0.15) is 38.2 Å². The molecule has 6 N–H and O–H groups in total. The smallest absolute Gasteiger partial charge is 0.305 e. The number of nitrogens with zero attached hydrogens (tertiary/aromatic N) is 1. The first kappa shape index (κ1) is 33.4. The second-order valence-electron chi connectivity index (χ2n) is 11.9. The molecular weight excluding hydrogens is 587 g/mol. The van der Waals surface area contributed by atoms with E-state index in [4.69, 9.17) is 9.47 Å². The van der Waals surface area contributed by atoms with E-state index in [9.17, 15) is 39.9 Å². The number of aliphatic hydroxyl groups is 5. The minimum absolute atomic E-state index is 0.128. The zero-order valence-electron chi connectivity index (χ0n) is 24.6. The number of nitrogens with one attached hydrogen (secondary N) is 1. The second-order valence-corrected chi connectivity index (χ2v) is 15.7. The van der Waals surface area contributed by atoms with E-state index in [-0.39, 0.29) is 37.6 Å². The van der Waals surface area contributed by atoms with Crippen LogP contribution in [0.15, 0.2) is 18.2 Å². The molecule has 3 heterocycles. The molecule has 0 unspecified atom stereocenters. The lowest BCUT2D eigenvalue weighted by Gasteiger charge is -2.37. The molecule has 3 aliphatic heterocycles. The van der Waals surface area contributed by atoms with Crippen LogP contribution in [-0.2, 0) is 34.2 Å². The Kier molecular flexibility index (Phi) is 9.98. The minimum Gasteiger partial charge on any atom is -0.469 e. The van der Waals surface area contributed by atoms with Crippen LogP contribution in [0.5, 0.6) is 0 Å². The highest BCUT2D eigenvalue weighted by atomic mass is 28.4. The van der Waals surface area contributed by atoms with Gasteiger partial charge in [-0.2, -0.15) is 0 Å². The van der Waals surface area contributed by atoms with Gasteiger partial charge in [0.1, 0.15) is 18.3 Å². The first-order chi connectivity index (χ1) is 20.2. The Balaban J connectivity index is 1.69. The summed E-state index contributed by atoms with van der Waals surface area (Å²) in [6, 6.07) is 4.64.